The highest BCUT2D eigenvalue weighted by molar-refractivity contribution is 7.89. The van der Waals surface area contributed by atoms with E-state index in [1.54, 1.807) is 13.0 Å². The Balaban J connectivity index is 1.32. The molecule has 0 aliphatic heterocycles. The summed E-state index contributed by atoms with van der Waals surface area (Å²) in [5, 5.41) is 3.02. The number of amides is 1. The zero-order valence-corrected chi connectivity index (χ0v) is 17.1. The van der Waals surface area contributed by atoms with Crippen LogP contribution in [0.5, 0.6) is 0 Å². The number of nitrogens with one attached hydrogen (secondary N) is 2. The highest BCUT2D eigenvalue weighted by atomic mass is 32.2. The fourth-order valence-electron chi connectivity index (χ4n) is 6.01. The summed E-state index contributed by atoms with van der Waals surface area (Å²) in [7, 11) is -3.56. The molecule has 5 nitrogen and oxygen atoms in total. The van der Waals surface area contributed by atoms with Gasteiger partial charge in [0.15, 0.2) is 0 Å². The Kier molecular flexibility index (Phi) is 4.83. The Hall–Kier alpha value is -1.40. The van der Waals surface area contributed by atoms with Gasteiger partial charge in [-0.3, -0.25) is 4.79 Å². The molecule has 4 saturated carbocycles. The summed E-state index contributed by atoms with van der Waals surface area (Å²) in [5.74, 6) is 2.33. The zero-order chi connectivity index (χ0) is 19.2. The van der Waals surface area contributed by atoms with Gasteiger partial charge in [-0.2, -0.15) is 0 Å². The Bertz CT molecular complexity index is 812. The van der Waals surface area contributed by atoms with Crippen LogP contribution in [0.3, 0.4) is 0 Å². The van der Waals surface area contributed by atoms with Gasteiger partial charge in [-0.25, -0.2) is 13.1 Å². The summed E-state index contributed by atoms with van der Waals surface area (Å²) in [6, 6.07) is 5.41. The smallest absolute Gasteiger partial charge is 0.240 e. The molecule has 0 radical (unpaired) electrons. The molecular formula is C21H30N2O3S. The fraction of sp³-hybridized carbons (Fsp3) is 0.667. The lowest BCUT2D eigenvalue weighted by Crippen LogP contribution is -2.54. The Labute approximate surface area is 162 Å². The molecule has 1 aromatic rings. The van der Waals surface area contributed by atoms with Crippen molar-refractivity contribution in [3.05, 3.63) is 29.3 Å². The number of rotatable bonds is 6. The first-order chi connectivity index (χ1) is 12.8. The number of benzene rings is 1. The molecular weight excluding hydrogens is 360 g/mol. The fourth-order valence-corrected chi connectivity index (χ4v) is 7.37. The van der Waals surface area contributed by atoms with E-state index in [-0.39, 0.29) is 17.9 Å². The van der Waals surface area contributed by atoms with Crippen molar-refractivity contribution in [2.45, 2.75) is 57.3 Å². The Morgan fingerprint density at radius 2 is 1.63 bits per heavy atom. The van der Waals surface area contributed by atoms with Gasteiger partial charge in [0, 0.05) is 18.5 Å². The minimum atomic E-state index is -3.56. The summed E-state index contributed by atoms with van der Waals surface area (Å²) >= 11 is 0. The van der Waals surface area contributed by atoms with Gasteiger partial charge in [-0.15, -0.1) is 0 Å². The van der Waals surface area contributed by atoms with Gasteiger partial charge in [0.05, 0.1) is 4.90 Å². The Morgan fingerprint density at radius 3 is 2.22 bits per heavy atom. The minimum Gasteiger partial charge on any atom is -0.354 e. The van der Waals surface area contributed by atoms with Gasteiger partial charge < -0.3 is 5.32 Å². The van der Waals surface area contributed by atoms with Gasteiger partial charge in [0.2, 0.25) is 15.9 Å². The first-order valence-corrected chi connectivity index (χ1v) is 11.6. The zero-order valence-electron chi connectivity index (χ0n) is 16.3. The molecule has 6 heteroatoms. The second-order valence-corrected chi connectivity index (χ2v) is 10.9. The SMILES string of the molecule is Cc1ccc(C)c(S(=O)(=O)NCCNC(=O)C23CC4CC(CC(C4)C2)C3)c1. The topological polar surface area (TPSA) is 75.3 Å². The second kappa shape index (κ2) is 6.89. The van der Waals surface area contributed by atoms with Crippen LogP contribution in [0.25, 0.3) is 0 Å². The van der Waals surface area contributed by atoms with E-state index in [1.807, 2.05) is 19.1 Å². The van der Waals surface area contributed by atoms with Crippen molar-refractivity contribution in [1.29, 1.82) is 0 Å². The standard InChI is InChI=1S/C21H30N2O3S/c1-14-3-4-15(2)19(7-14)27(25,26)23-6-5-22-20(24)21-11-16-8-17(12-21)10-18(9-16)13-21/h3-4,7,16-18,23H,5-6,8-13H2,1-2H3,(H,22,24). The van der Waals surface area contributed by atoms with E-state index in [2.05, 4.69) is 10.0 Å². The number of carbonyl (C=O) groups is 1. The third-order valence-corrected chi connectivity index (χ3v) is 8.46. The van der Waals surface area contributed by atoms with Crippen LogP contribution in [0.2, 0.25) is 0 Å². The van der Waals surface area contributed by atoms with Crippen LogP contribution in [-0.4, -0.2) is 27.4 Å². The van der Waals surface area contributed by atoms with E-state index in [4.69, 9.17) is 0 Å². The molecule has 1 amide bonds. The first-order valence-electron chi connectivity index (χ1n) is 10.1. The number of hydrogen-bond donors (Lipinski definition) is 2. The van der Waals surface area contributed by atoms with Crippen molar-refractivity contribution in [2.75, 3.05) is 13.1 Å². The first kappa shape index (κ1) is 18.9. The highest BCUT2D eigenvalue weighted by Gasteiger charge is 2.54. The van der Waals surface area contributed by atoms with Gasteiger partial charge in [0.25, 0.3) is 0 Å². The molecule has 4 aliphatic rings. The molecule has 4 bridgehead atoms. The molecule has 148 valence electrons. The number of hydrogen-bond acceptors (Lipinski definition) is 3. The van der Waals surface area contributed by atoms with Crippen LogP contribution in [0.1, 0.15) is 49.7 Å². The molecule has 1 aromatic carbocycles. The van der Waals surface area contributed by atoms with Crippen LogP contribution in [-0.2, 0) is 14.8 Å². The van der Waals surface area contributed by atoms with Crippen molar-refractivity contribution in [3.8, 4) is 0 Å². The van der Waals surface area contributed by atoms with Gasteiger partial charge in [-0.1, -0.05) is 12.1 Å². The third-order valence-electron chi connectivity index (χ3n) is 6.86. The van der Waals surface area contributed by atoms with E-state index < -0.39 is 10.0 Å². The monoisotopic (exact) mass is 390 g/mol. The van der Waals surface area contributed by atoms with Crippen LogP contribution in [0.4, 0.5) is 0 Å². The highest BCUT2D eigenvalue weighted by Crippen LogP contribution is 2.60. The molecule has 0 atom stereocenters. The molecule has 0 heterocycles. The lowest BCUT2D eigenvalue weighted by molar-refractivity contribution is -0.146. The van der Waals surface area contributed by atoms with E-state index in [0.717, 1.165) is 48.1 Å². The normalized spacial score (nSPS) is 31.9. The quantitative estimate of drug-likeness (QED) is 0.734. The van der Waals surface area contributed by atoms with Crippen LogP contribution in [0, 0.1) is 37.0 Å². The molecule has 0 saturated heterocycles. The Morgan fingerprint density at radius 1 is 1.04 bits per heavy atom. The van der Waals surface area contributed by atoms with E-state index in [0.29, 0.717) is 11.4 Å². The van der Waals surface area contributed by atoms with Crippen LogP contribution in [0.15, 0.2) is 23.1 Å². The van der Waals surface area contributed by atoms with Crippen molar-refractivity contribution < 1.29 is 13.2 Å². The van der Waals surface area contributed by atoms with Gasteiger partial charge >= 0.3 is 0 Å². The molecule has 4 aliphatic carbocycles. The average molecular weight is 391 g/mol. The number of carbonyl (C=O) groups excluding carboxylic acids is 1. The van der Waals surface area contributed by atoms with Crippen molar-refractivity contribution >= 4 is 15.9 Å². The summed E-state index contributed by atoms with van der Waals surface area (Å²) in [5.41, 5.74) is 1.46. The molecule has 5 rings (SSSR count). The summed E-state index contributed by atoms with van der Waals surface area (Å²) < 4.78 is 27.7. The number of sulfonamides is 1. The largest absolute Gasteiger partial charge is 0.354 e. The van der Waals surface area contributed by atoms with Crippen molar-refractivity contribution in [2.24, 2.45) is 23.2 Å². The summed E-state index contributed by atoms with van der Waals surface area (Å²) in [6.45, 7) is 4.23. The molecule has 0 aromatic heterocycles. The van der Waals surface area contributed by atoms with Crippen LogP contribution < -0.4 is 10.0 Å². The molecule has 0 unspecified atom stereocenters. The lowest BCUT2D eigenvalue weighted by atomic mass is 9.49. The van der Waals surface area contributed by atoms with Gasteiger partial charge in [0.1, 0.15) is 0 Å². The molecule has 0 spiro atoms. The summed E-state index contributed by atoms with van der Waals surface area (Å²) in [6.07, 6.45) is 7.00. The predicted molar refractivity (Wildman–Crippen MR) is 105 cm³/mol. The molecule has 27 heavy (non-hydrogen) atoms. The number of aryl methyl sites for hydroxylation is 2. The predicted octanol–water partition coefficient (Wildman–Crippen LogP) is 2.91. The van der Waals surface area contributed by atoms with E-state index >= 15 is 0 Å². The maximum atomic E-state index is 12.9. The maximum absolute atomic E-state index is 12.9. The van der Waals surface area contributed by atoms with Crippen LogP contribution >= 0.6 is 0 Å². The molecule has 4 fully saturated rings. The second-order valence-electron chi connectivity index (χ2n) is 9.12. The maximum Gasteiger partial charge on any atom is 0.240 e. The minimum absolute atomic E-state index is 0.146. The van der Waals surface area contributed by atoms with Crippen molar-refractivity contribution in [3.63, 3.8) is 0 Å². The van der Waals surface area contributed by atoms with E-state index in [1.165, 1.54) is 19.3 Å². The molecule has 2 N–H and O–H groups in total. The van der Waals surface area contributed by atoms with Gasteiger partial charge in [-0.05, 0) is 87.3 Å². The average Bonchev–Trinajstić information content (AvgIpc) is 2.59. The van der Waals surface area contributed by atoms with E-state index in [9.17, 15) is 13.2 Å². The van der Waals surface area contributed by atoms with Crippen molar-refractivity contribution in [1.82, 2.24) is 10.0 Å². The summed E-state index contributed by atoms with van der Waals surface area (Å²) in [4.78, 5) is 13.2. The third kappa shape index (κ3) is 3.66. The lowest BCUT2D eigenvalue weighted by Gasteiger charge is -2.55.